The number of ether oxygens (including phenoxy) is 6. The molecule has 3 heterocycles. The quantitative estimate of drug-likeness (QED) is 0.238. The van der Waals surface area contributed by atoms with Crippen molar-refractivity contribution in [3.05, 3.63) is 0 Å². The lowest BCUT2D eigenvalue weighted by atomic mass is 9.77. The van der Waals surface area contributed by atoms with E-state index in [9.17, 15) is 30.3 Å². The molecule has 0 aromatic carbocycles. The molecule has 0 aliphatic carbocycles. The Bertz CT molecular complexity index is 1140. The lowest BCUT2D eigenvalue weighted by molar-refractivity contribution is -0.318. The van der Waals surface area contributed by atoms with Gasteiger partial charge < -0.3 is 63.8 Å². The van der Waals surface area contributed by atoms with Crippen molar-refractivity contribution in [2.75, 3.05) is 34.8 Å². The standard InChI is InChI=1S/C38H72N2O12/c1-15-27-38(10,46)31(42)24(6)40(13)19-20(2)17-36(8,45)33(52-35-29(41)26(39(11)12)16-21(3)48-35)22(4)30(23(5)34(44)50-27)51-28-18-37(9,47-14)32(43)25(7)49-28/h20-33,35,41-43,45-46H,15-19H2,1-14H3/t20-,21-,22+,23-,24-,25+,26+,27-,28+,29-,30+,31-,32+,33-,35-,36+,37-,38-/m1/s1. The summed E-state index contributed by atoms with van der Waals surface area (Å²) in [4.78, 5) is 18.0. The largest absolute Gasteiger partial charge is 0.459 e. The number of likely N-dealkylation sites (N-methyl/N-ethyl adjacent to an activating group) is 2. The molecule has 14 heteroatoms. The van der Waals surface area contributed by atoms with Crippen LogP contribution in [0, 0.1) is 17.8 Å². The number of nitrogens with zero attached hydrogens (tertiary/aromatic N) is 2. The van der Waals surface area contributed by atoms with Gasteiger partial charge >= 0.3 is 5.97 Å². The van der Waals surface area contributed by atoms with E-state index in [1.165, 1.54) is 14.0 Å². The monoisotopic (exact) mass is 749 g/mol. The van der Waals surface area contributed by atoms with Crippen LogP contribution in [-0.2, 0) is 33.2 Å². The number of aliphatic hydroxyl groups is 5. The maximum atomic E-state index is 14.2. The first-order valence-corrected chi connectivity index (χ1v) is 19.1. The van der Waals surface area contributed by atoms with Crippen molar-refractivity contribution in [1.29, 1.82) is 0 Å². The highest BCUT2D eigenvalue weighted by Gasteiger charge is 2.52. The average Bonchev–Trinajstić information content (AvgIpc) is 3.05. The van der Waals surface area contributed by atoms with Gasteiger partial charge in [0.05, 0.1) is 41.5 Å². The van der Waals surface area contributed by atoms with Crippen molar-refractivity contribution in [3.63, 3.8) is 0 Å². The van der Waals surface area contributed by atoms with E-state index >= 15 is 0 Å². The highest BCUT2D eigenvalue weighted by molar-refractivity contribution is 5.73. The van der Waals surface area contributed by atoms with Gasteiger partial charge in [0.15, 0.2) is 12.6 Å². The molecule has 3 fully saturated rings. The second kappa shape index (κ2) is 17.8. The van der Waals surface area contributed by atoms with E-state index in [1.807, 2.05) is 51.7 Å². The van der Waals surface area contributed by atoms with E-state index in [-0.39, 0.29) is 37.3 Å². The van der Waals surface area contributed by atoms with Crippen LogP contribution in [0.25, 0.3) is 0 Å². The number of hydrogen-bond donors (Lipinski definition) is 5. The van der Waals surface area contributed by atoms with Gasteiger partial charge in [-0.25, -0.2) is 0 Å². The van der Waals surface area contributed by atoms with Gasteiger partial charge in [-0.1, -0.05) is 20.8 Å². The van der Waals surface area contributed by atoms with Gasteiger partial charge in [0.1, 0.15) is 30.0 Å². The Kier molecular flexibility index (Phi) is 15.6. The number of methoxy groups -OCH3 is 1. The molecule has 3 aliphatic rings. The third-order valence-electron chi connectivity index (χ3n) is 12.2. The van der Waals surface area contributed by atoms with Crippen LogP contribution in [0.2, 0.25) is 0 Å². The van der Waals surface area contributed by atoms with Crippen molar-refractivity contribution in [1.82, 2.24) is 9.80 Å². The summed E-state index contributed by atoms with van der Waals surface area (Å²) in [6.45, 7) is 18.0. The fourth-order valence-electron chi connectivity index (χ4n) is 8.74. The molecule has 3 rings (SSSR count). The van der Waals surface area contributed by atoms with Gasteiger partial charge in [-0.2, -0.15) is 0 Å². The first-order valence-electron chi connectivity index (χ1n) is 19.1. The molecule has 0 spiro atoms. The molecule has 18 atom stereocenters. The Morgan fingerprint density at radius 2 is 1.56 bits per heavy atom. The summed E-state index contributed by atoms with van der Waals surface area (Å²) in [6, 6.07) is -0.808. The van der Waals surface area contributed by atoms with Gasteiger partial charge in [-0.05, 0) is 94.8 Å². The average molecular weight is 749 g/mol. The van der Waals surface area contributed by atoms with Crippen LogP contribution in [0.15, 0.2) is 0 Å². The van der Waals surface area contributed by atoms with Crippen molar-refractivity contribution in [2.45, 2.75) is 185 Å². The van der Waals surface area contributed by atoms with Gasteiger partial charge in [0.25, 0.3) is 0 Å². The normalized spacial score (nSPS) is 49.6. The summed E-state index contributed by atoms with van der Waals surface area (Å²) in [5, 5.41) is 58.1. The van der Waals surface area contributed by atoms with Crippen molar-refractivity contribution < 1.29 is 58.7 Å². The highest BCUT2D eigenvalue weighted by Crippen LogP contribution is 2.40. The van der Waals surface area contributed by atoms with Gasteiger partial charge in [0.2, 0.25) is 0 Å². The zero-order chi connectivity index (χ0) is 39.7. The smallest absolute Gasteiger partial charge is 0.311 e. The maximum absolute atomic E-state index is 14.2. The molecule has 3 saturated heterocycles. The zero-order valence-corrected chi connectivity index (χ0v) is 34.2. The molecule has 0 radical (unpaired) electrons. The molecule has 0 unspecified atom stereocenters. The molecular formula is C38H72N2O12. The Morgan fingerprint density at radius 3 is 2.12 bits per heavy atom. The number of carbonyl (C=O) groups excluding carboxylic acids is 1. The Morgan fingerprint density at radius 1 is 0.942 bits per heavy atom. The van der Waals surface area contributed by atoms with E-state index in [2.05, 4.69) is 0 Å². The number of aliphatic hydroxyl groups excluding tert-OH is 3. The minimum absolute atomic E-state index is 0.133. The third-order valence-corrected chi connectivity index (χ3v) is 12.2. The minimum Gasteiger partial charge on any atom is -0.459 e. The number of cyclic esters (lactones) is 1. The summed E-state index contributed by atoms with van der Waals surface area (Å²) in [7, 11) is 7.12. The molecule has 306 valence electrons. The molecule has 14 nitrogen and oxygen atoms in total. The fraction of sp³-hybridized carbons (Fsp3) is 0.974. The number of rotatable bonds is 7. The lowest BCUT2D eigenvalue weighted by Crippen LogP contribution is -2.60. The summed E-state index contributed by atoms with van der Waals surface area (Å²) >= 11 is 0. The second-order valence-electron chi connectivity index (χ2n) is 17.2. The van der Waals surface area contributed by atoms with Crippen LogP contribution in [0.3, 0.4) is 0 Å². The number of esters is 1. The summed E-state index contributed by atoms with van der Waals surface area (Å²) < 4.78 is 37.5. The molecule has 0 aromatic rings. The molecule has 5 N–H and O–H groups in total. The fourth-order valence-corrected chi connectivity index (χ4v) is 8.74. The maximum Gasteiger partial charge on any atom is 0.311 e. The Labute approximate surface area is 312 Å². The zero-order valence-electron chi connectivity index (χ0n) is 34.2. The van der Waals surface area contributed by atoms with Crippen LogP contribution < -0.4 is 0 Å². The van der Waals surface area contributed by atoms with Crippen molar-refractivity contribution >= 4 is 5.97 Å². The first kappa shape index (κ1) is 45.4. The van der Waals surface area contributed by atoms with E-state index in [1.54, 1.807) is 41.5 Å². The van der Waals surface area contributed by atoms with Gasteiger partial charge in [0, 0.05) is 38.1 Å². The molecule has 3 aliphatic heterocycles. The predicted molar refractivity (Wildman–Crippen MR) is 194 cm³/mol. The molecule has 52 heavy (non-hydrogen) atoms. The molecule has 0 amide bonds. The highest BCUT2D eigenvalue weighted by atomic mass is 16.7. The molecular weight excluding hydrogens is 676 g/mol. The second-order valence-corrected chi connectivity index (χ2v) is 17.2. The van der Waals surface area contributed by atoms with E-state index in [4.69, 9.17) is 28.4 Å². The molecule has 0 bridgehead atoms. The van der Waals surface area contributed by atoms with E-state index in [0.29, 0.717) is 13.0 Å². The molecule has 0 aromatic heterocycles. The van der Waals surface area contributed by atoms with Gasteiger partial charge in [-0.15, -0.1) is 0 Å². The SMILES string of the molecule is CC[C@H]1OC(=O)[C@H](C)[C@@H](O[C@H]2C[C@@](C)(OC)[C@@H](O)[C@H](C)O2)[C@H](C)[C@@H](O[C@H]2O[C@H](C)C[C@H](N(C)C)[C@H]2O)[C@@](C)(O)C[C@@H](C)CN(C)[C@H](C)[C@@H](O)[C@]1(C)O. The van der Waals surface area contributed by atoms with Gasteiger partial charge in [-0.3, -0.25) is 4.79 Å². The van der Waals surface area contributed by atoms with Crippen molar-refractivity contribution in [3.8, 4) is 0 Å². The van der Waals surface area contributed by atoms with Crippen molar-refractivity contribution in [2.24, 2.45) is 17.8 Å². The van der Waals surface area contributed by atoms with Crippen LogP contribution >= 0.6 is 0 Å². The predicted octanol–water partition coefficient (Wildman–Crippen LogP) is 1.90. The minimum atomic E-state index is -1.80. The van der Waals surface area contributed by atoms with Crippen LogP contribution in [0.5, 0.6) is 0 Å². The first-order chi connectivity index (χ1) is 23.9. The van der Waals surface area contributed by atoms with Crippen LogP contribution in [0.4, 0.5) is 0 Å². The van der Waals surface area contributed by atoms with E-state index < -0.39 is 96.0 Å². The van der Waals surface area contributed by atoms with E-state index in [0.717, 1.165) is 0 Å². The molecule has 0 saturated carbocycles. The number of carbonyl (C=O) groups is 1. The van der Waals surface area contributed by atoms with Crippen LogP contribution in [0.1, 0.15) is 94.9 Å². The summed E-state index contributed by atoms with van der Waals surface area (Å²) in [6.07, 6.45) is -8.19. The summed E-state index contributed by atoms with van der Waals surface area (Å²) in [5.41, 5.74) is -4.37. The lowest BCUT2D eigenvalue weighted by Gasteiger charge is -2.48. The topological polar surface area (TPSA) is 180 Å². The van der Waals surface area contributed by atoms with Crippen LogP contribution in [-0.4, -0.2) is 166 Å². The Hall–Kier alpha value is -1.01. The number of hydrogen-bond acceptors (Lipinski definition) is 14. The summed E-state index contributed by atoms with van der Waals surface area (Å²) in [5.74, 6) is -2.58. The third kappa shape index (κ3) is 10.0. The Balaban J connectivity index is 2.17.